The van der Waals surface area contributed by atoms with Crippen molar-refractivity contribution in [2.75, 3.05) is 24.5 Å². The summed E-state index contributed by atoms with van der Waals surface area (Å²) in [5.74, 6) is -2.87. The number of nitrogens with zero attached hydrogens (tertiary/aromatic N) is 1. The Morgan fingerprint density at radius 3 is 2.75 bits per heavy atom. The van der Waals surface area contributed by atoms with Crippen molar-refractivity contribution in [3.05, 3.63) is 29.6 Å². The number of halogens is 3. The van der Waals surface area contributed by atoms with Crippen molar-refractivity contribution in [3.63, 3.8) is 0 Å². The maximum absolute atomic E-state index is 13.5. The fourth-order valence-corrected chi connectivity index (χ4v) is 1.95. The van der Waals surface area contributed by atoms with Crippen LogP contribution in [0.1, 0.15) is 6.92 Å². The van der Waals surface area contributed by atoms with Gasteiger partial charge in [-0.3, -0.25) is 0 Å². The maximum atomic E-state index is 13.5. The number of piperazine rings is 1. The Kier molecular flexibility index (Phi) is 3.05. The third-order valence-electron chi connectivity index (χ3n) is 2.78. The zero-order valence-corrected chi connectivity index (χ0v) is 8.93. The summed E-state index contributed by atoms with van der Waals surface area (Å²) in [5, 5.41) is 3.13. The van der Waals surface area contributed by atoms with E-state index in [-0.39, 0.29) is 11.7 Å². The highest BCUT2D eigenvalue weighted by Gasteiger charge is 2.23. The summed E-state index contributed by atoms with van der Waals surface area (Å²) >= 11 is 0. The van der Waals surface area contributed by atoms with E-state index in [9.17, 15) is 13.2 Å². The SMILES string of the molecule is CC1CNCCN1c1cc(F)cc(F)c1F. The van der Waals surface area contributed by atoms with Gasteiger partial charge in [-0.1, -0.05) is 0 Å². The van der Waals surface area contributed by atoms with Gasteiger partial charge in [0.15, 0.2) is 11.6 Å². The van der Waals surface area contributed by atoms with E-state index in [2.05, 4.69) is 5.32 Å². The molecular weight excluding hydrogens is 217 g/mol. The van der Waals surface area contributed by atoms with E-state index in [1.807, 2.05) is 6.92 Å². The van der Waals surface area contributed by atoms with Crippen LogP contribution in [0.3, 0.4) is 0 Å². The van der Waals surface area contributed by atoms with Crippen LogP contribution < -0.4 is 10.2 Å². The van der Waals surface area contributed by atoms with Gasteiger partial charge in [0.2, 0.25) is 0 Å². The molecule has 5 heteroatoms. The molecule has 1 aliphatic rings. The lowest BCUT2D eigenvalue weighted by atomic mass is 10.1. The Labute approximate surface area is 92.1 Å². The lowest BCUT2D eigenvalue weighted by Gasteiger charge is -2.36. The van der Waals surface area contributed by atoms with Crippen LogP contribution in [0, 0.1) is 17.5 Å². The molecule has 1 aromatic rings. The van der Waals surface area contributed by atoms with E-state index in [0.717, 1.165) is 6.07 Å². The molecule has 1 fully saturated rings. The number of rotatable bonds is 1. The summed E-state index contributed by atoms with van der Waals surface area (Å²) in [6, 6.07) is 1.62. The molecule has 1 aromatic carbocycles. The Balaban J connectivity index is 2.38. The van der Waals surface area contributed by atoms with Crippen LogP contribution >= 0.6 is 0 Å². The third kappa shape index (κ3) is 2.00. The molecule has 0 bridgehead atoms. The molecule has 0 saturated carbocycles. The second kappa shape index (κ2) is 4.33. The predicted octanol–water partition coefficient (Wildman–Crippen LogP) is 1.90. The number of benzene rings is 1. The minimum atomic E-state index is -1.14. The van der Waals surface area contributed by atoms with Crippen molar-refractivity contribution < 1.29 is 13.2 Å². The van der Waals surface area contributed by atoms with Gasteiger partial charge in [-0.25, -0.2) is 13.2 Å². The minimum Gasteiger partial charge on any atom is -0.364 e. The first-order valence-electron chi connectivity index (χ1n) is 5.21. The van der Waals surface area contributed by atoms with Crippen molar-refractivity contribution in [1.29, 1.82) is 0 Å². The van der Waals surface area contributed by atoms with Crippen LogP contribution in [0.15, 0.2) is 12.1 Å². The van der Waals surface area contributed by atoms with Gasteiger partial charge in [0, 0.05) is 37.8 Å². The first-order chi connectivity index (χ1) is 7.59. The van der Waals surface area contributed by atoms with Crippen molar-refractivity contribution in [2.45, 2.75) is 13.0 Å². The first kappa shape index (κ1) is 11.3. The molecule has 0 spiro atoms. The van der Waals surface area contributed by atoms with Gasteiger partial charge in [0.25, 0.3) is 0 Å². The Hall–Kier alpha value is -1.23. The lowest BCUT2D eigenvalue weighted by molar-refractivity contribution is 0.464. The molecule has 0 amide bonds. The third-order valence-corrected chi connectivity index (χ3v) is 2.78. The number of hydrogen-bond acceptors (Lipinski definition) is 2. The summed E-state index contributed by atoms with van der Waals surface area (Å²) in [6.07, 6.45) is 0. The van der Waals surface area contributed by atoms with Gasteiger partial charge in [-0.15, -0.1) is 0 Å². The summed E-state index contributed by atoms with van der Waals surface area (Å²) in [4.78, 5) is 1.68. The average Bonchev–Trinajstić information content (AvgIpc) is 2.24. The van der Waals surface area contributed by atoms with E-state index in [4.69, 9.17) is 0 Å². The Morgan fingerprint density at radius 2 is 2.06 bits per heavy atom. The zero-order valence-electron chi connectivity index (χ0n) is 8.93. The lowest BCUT2D eigenvalue weighted by Crippen LogP contribution is -2.50. The van der Waals surface area contributed by atoms with E-state index >= 15 is 0 Å². The standard InChI is InChI=1S/C11H13F3N2/c1-7-6-15-2-3-16(7)10-5-8(12)4-9(13)11(10)14/h4-5,7,15H,2-3,6H2,1H3. The number of anilines is 1. The molecule has 1 N–H and O–H groups in total. The second-order valence-electron chi connectivity index (χ2n) is 3.97. The largest absolute Gasteiger partial charge is 0.364 e. The molecule has 88 valence electrons. The van der Waals surface area contributed by atoms with Gasteiger partial charge in [0.1, 0.15) is 5.82 Å². The minimum absolute atomic E-state index is 0.00602. The van der Waals surface area contributed by atoms with E-state index in [1.54, 1.807) is 4.90 Å². The number of hydrogen-bond donors (Lipinski definition) is 1. The predicted molar refractivity (Wildman–Crippen MR) is 56.0 cm³/mol. The molecule has 1 unspecified atom stereocenters. The van der Waals surface area contributed by atoms with Gasteiger partial charge in [-0.05, 0) is 6.92 Å². The van der Waals surface area contributed by atoms with Crippen LogP contribution in [-0.4, -0.2) is 25.7 Å². The van der Waals surface area contributed by atoms with E-state index < -0.39 is 17.5 Å². The van der Waals surface area contributed by atoms with Crippen molar-refractivity contribution in [2.24, 2.45) is 0 Å². The van der Waals surface area contributed by atoms with Gasteiger partial charge >= 0.3 is 0 Å². The van der Waals surface area contributed by atoms with Crippen LogP contribution in [0.5, 0.6) is 0 Å². The molecule has 0 radical (unpaired) electrons. The van der Waals surface area contributed by atoms with Gasteiger partial charge in [-0.2, -0.15) is 0 Å². The Bertz CT molecular complexity index is 395. The summed E-state index contributed by atoms with van der Waals surface area (Å²) in [7, 11) is 0. The molecule has 1 atom stereocenters. The zero-order chi connectivity index (χ0) is 11.7. The topological polar surface area (TPSA) is 15.3 Å². The highest BCUT2D eigenvalue weighted by atomic mass is 19.2. The van der Waals surface area contributed by atoms with Crippen molar-refractivity contribution >= 4 is 5.69 Å². The van der Waals surface area contributed by atoms with Crippen molar-refractivity contribution in [1.82, 2.24) is 5.32 Å². The van der Waals surface area contributed by atoms with Crippen molar-refractivity contribution in [3.8, 4) is 0 Å². The maximum Gasteiger partial charge on any atom is 0.182 e. The molecular formula is C11H13F3N2. The molecule has 16 heavy (non-hydrogen) atoms. The monoisotopic (exact) mass is 230 g/mol. The van der Waals surface area contributed by atoms with Crippen LogP contribution in [0.4, 0.5) is 18.9 Å². The Morgan fingerprint density at radius 1 is 1.31 bits per heavy atom. The molecule has 1 aliphatic heterocycles. The van der Waals surface area contributed by atoms with E-state index in [1.165, 1.54) is 0 Å². The molecule has 2 nitrogen and oxygen atoms in total. The second-order valence-corrected chi connectivity index (χ2v) is 3.97. The fourth-order valence-electron chi connectivity index (χ4n) is 1.95. The van der Waals surface area contributed by atoms with E-state index in [0.29, 0.717) is 25.7 Å². The normalized spacial score (nSPS) is 21.2. The summed E-state index contributed by atoms with van der Waals surface area (Å²) < 4.78 is 39.6. The first-order valence-corrected chi connectivity index (χ1v) is 5.21. The highest BCUT2D eigenvalue weighted by molar-refractivity contribution is 5.50. The van der Waals surface area contributed by atoms with Gasteiger partial charge in [0.05, 0.1) is 5.69 Å². The summed E-state index contributed by atoms with van der Waals surface area (Å²) in [5.41, 5.74) is 0.00602. The molecule has 0 aliphatic carbocycles. The highest BCUT2D eigenvalue weighted by Crippen LogP contribution is 2.25. The quantitative estimate of drug-likeness (QED) is 0.741. The fraction of sp³-hybridized carbons (Fsp3) is 0.455. The van der Waals surface area contributed by atoms with Crippen LogP contribution in [0.2, 0.25) is 0 Å². The number of nitrogens with one attached hydrogen (secondary N) is 1. The molecule has 2 rings (SSSR count). The average molecular weight is 230 g/mol. The molecule has 1 heterocycles. The van der Waals surface area contributed by atoms with Gasteiger partial charge < -0.3 is 10.2 Å². The smallest absolute Gasteiger partial charge is 0.182 e. The van der Waals surface area contributed by atoms with Crippen LogP contribution in [0.25, 0.3) is 0 Å². The molecule has 0 aromatic heterocycles. The van der Waals surface area contributed by atoms with Crippen LogP contribution in [-0.2, 0) is 0 Å². The summed E-state index contributed by atoms with van der Waals surface area (Å²) in [6.45, 7) is 3.79. The molecule has 1 saturated heterocycles.